The summed E-state index contributed by atoms with van der Waals surface area (Å²) >= 11 is 0. The average Bonchev–Trinajstić information content (AvgIpc) is 2.70. The standard InChI is InChI=1S/C11H12N2O2/c1-2-9(14)11(15)8-7-12-10-5-3-4-6-13(8)10/h3-7,11,15H,2H2,1H3. The molecule has 0 amide bonds. The third-order valence-corrected chi connectivity index (χ3v) is 2.38. The second-order valence-electron chi connectivity index (χ2n) is 3.33. The number of pyridine rings is 1. The van der Waals surface area contributed by atoms with E-state index in [9.17, 15) is 9.90 Å². The Hall–Kier alpha value is -1.68. The maximum Gasteiger partial charge on any atom is 0.167 e. The van der Waals surface area contributed by atoms with Crippen molar-refractivity contribution in [3.05, 3.63) is 36.3 Å². The quantitative estimate of drug-likeness (QED) is 0.821. The van der Waals surface area contributed by atoms with E-state index in [2.05, 4.69) is 4.98 Å². The maximum absolute atomic E-state index is 11.4. The SMILES string of the molecule is CCC(=O)C(O)c1cnc2ccccn12. The number of aliphatic hydroxyl groups excluding tert-OH is 1. The summed E-state index contributed by atoms with van der Waals surface area (Å²) in [5, 5.41) is 9.77. The van der Waals surface area contributed by atoms with Gasteiger partial charge >= 0.3 is 0 Å². The molecule has 1 N–H and O–H groups in total. The van der Waals surface area contributed by atoms with Gasteiger partial charge in [0.15, 0.2) is 11.9 Å². The van der Waals surface area contributed by atoms with Crippen LogP contribution in [0.2, 0.25) is 0 Å². The van der Waals surface area contributed by atoms with Crippen LogP contribution in [0.4, 0.5) is 0 Å². The molecular weight excluding hydrogens is 192 g/mol. The van der Waals surface area contributed by atoms with Crippen molar-refractivity contribution in [2.24, 2.45) is 0 Å². The van der Waals surface area contributed by atoms with Gasteiger partial charge in [-0.15, -0.1) is 0 Å². The molecule has 2 heterocycles. The van der Waals surface area contributed by atoms with Gasteiger partial charge in [0.25, 0.3) is 0 Å². The first kappa shape index (κ1) is 9.86. The minimum atomic E-state index is -1.08. The first-order valence-corrected chi connectivity index (χ1v) is 4.86. The minimum Gasteiger partial charge on any atom is -0.379 e. The van der Waals surface area contributed by atoms with Crippen LogP contribution in [0.3, 0.4) is 0 Å². The number of hydrogen-bond donors (Lipinski definition) is 1. The van der Waals surface area contributed by atoms with Gasteiger partial charge in [0.05, 0.1) is 11.9 Å². The number of Topliss-reactive ketones (excluding diaryl/α,β-unsaturated/α-hetero) is 1. The van der Waals surface area contributed by atoms with E-state index in [1.54, 1.807) is 17.5 Å². The van der Waals surface area contributed by atoms with Gasteiger partial charge in [-0.05, 0) is 12.1 Å². The third kappa shape index (κ3) is 1.64. The summed E-state index contributed by atoms with van der Waals surface area (Å²) in [5.41, 5.74) is 1.26. The average molecular weight is 204 g/mol. The van der Waals surface area contributed by atoms with E-state index in [0.717, 1.165) is 5.65 Å². The fraction of sp³-hybridized carbons (Fsp3) is 0.273. The van der Waals surface area contributed by atoms with E-state index in [0.29, 0.717) is 12.1 Å². The molecule has 0 spiro atoms. The molecule has 4 nitrogen and oxygen atoms in total. The fourth-order valence-corrected chi connectivity index (χ4v) is 1.51. The Labute approximate surface area is 87.2 Å². The molecule has 0 aliphatic rings. The Bertz CT molecular complexity index is 490. The Morgan fingerprint density at radius 1 is 1.60 bits per heavy atom. The molecule has 2 aromatic rings. The number of aromatic nitrogens is 2. The zero-order valence-electron chi connectivity index (χ0n) is 8.42. The molecule has 0 bridgehead atoms. The lowest BCUT2D eigenvalue weighted by molar-refractivity contribution is -0.127. The highest BCUT2D eigenvalue weighted by Crippen LogP contribution is 2.16. The predicted octanol–water partition coefficient (Wildman–Crippen LogP) is 1.35. The summed E-state index contributed by atoms with van der Waals surface area (Å²) in [7, 11) is 0. The Balaban J connectivity index is 2.48. The Morgan fingerprint density at radius 3 is 3.13 bits per heavy atom. The zero-order valence-corrected chi connectivity index (χ0v) is 8.42. The van der Waals surface area contributed by atoms with Crippen molar-refractivity contribution in [2.45, 2.75) is 19.4 Å². The van der Waals surface area contributed by atoms with Gasteiger partial charge in [-0.1, -0.05) is 13.0 Å². The number of ketones is 1. The molecule has 15 heavy (non-hydrogen) atoms. The molecular formula is C11H12N2O2. The van der Waals surface area contributed by atoms with Crippen molar-refractivity contribution < 1.29 is 9.90 Å². The fourth-order valence-electron chi connectivity index (χ4n) is 1.51. The van der Waals surface area contributed by atoms with Crippen LogP contribution in [-0.2, 0) is 4.79 Å². The van der Waals surface area contributed by atoms with Gasteiger partial charge in [-0.2, -0.15) is 0 Å². The smallest absolute Gasteiger partial charge is 0.167 e. The number of hydrogen-bond acceptors (Lipinski definition) is 3. The second kappa shape index (κ2) is 3.82. The van der Waals surface area contributed by atoms with Crippen LogP contribution in [0.25, 0.3) is 5.65 Å². The second-order valence-corrected chi connectivity index (χ2v) is 3.33. The summed E-state index contributed by atoms with van der Waals surface area (Å²) in [6.45, 7) is 1.73. The van der Waals surface area contributed by atoms with Crippen molar-refractivity contribution in [1.82, 2.24) is 9.38 Å². The van der Waals surface area contributed by atoms with E-state index < -0.39 is 6.10 Å². The molecule has 0 saturated heterocycles. The highest BCUT2D eigenvalue weighted by atomic mass is 16.3. The number of carbonyl (C=O) groups excluding carboxylic acids is 1. The van der Waals surface area contributed by atoms with Crippen LogP contribution < -0.4 is 0 Å². The summed E-state index contributed by atoms with van der Waals surface area (Å²) in [4.78, 5) is 15.5. The highest BCUT2D eigenvalue weighted by molar-refractivity contribution is 5.83. The molecule has 0 aliphatic carbocycles. The van der Waals surface area contributed by atoms with Crippen LogP contribution >= 0.6 is 0 Å². The molecule has 2 aromatic heterocycles. The Kier molecular flexibility index (Phi) is 2.51. The molecule has 0 fully saturated rings. The molecule has 4 heteroatoms. The largest absolute Gasteiger partial charge is 0.379 e. The summed E-state index contributed by atoms with van der Waals surface area (Å²) in [6, 6.07) is 5.52. The van der Waals surface area contributed by atoms with Gasteiger partial charge in [-0.3, -0.25) is 4.79 Å². The van der Waals surface area contributed by atoms with E-state index in [1.807, 2.05) is 18.2 Å². The molecule has 2 rings (SSSR count). The van der Waals surface area contributed by atoms with Crippen molar-refractivity contribution in [3.8, 4) is 0 Å². The lowest BCUT2D eigenvalue weighted by Crippen LogP contribution is -2.12. The van der Waals surface area contributed by atoms with E-state index >= 15 is 0 Å². The number of fused-ring (bicyclic) bond motifs is 1. The molecule has 0 saturated carbocycles. The summed E-state index contributed by atoms with van der Waals surface area (Å²) < 4.78 is 1.72. The monoisotopic (exact) mass is 204 g/mol. The van der Waals surface area contributed by atoms with Crippen molar-refractivity contribution in [1.29, 1.82) is 0 Å². The lowest BCUT2D eigenvalue weighted by atomic mass is 10.1. The van der Waals surface area contributed by atoms with Crippen molar-refractivity contribution >= 4 is 11.4 Å². The minimum absolute atomic E-state index is 0.194. The topological polar surface area (TPSA) is 54.6 Å². The maximum atomic E-state index is 11.4. The number of carbonyl (C=O) groups is 1. The van der Waals surface area contributed by atoms with E-state index in [1.165, 1.54) is 6.20 Å². The Morgan fingerprint density at radius 2 is 2.40 bits per heavy atom. The summed E-state index contributed by atoms with van der Waals surface area (Å²) in [5.74, 6) is -0.194. The molecule has 0 aliphatic heterocycles. The molecule has 0 radical (unpaired) electrons. The lowest BCUT2D eigenvalue weighted by Gasteiger charge is -2.07. The molecule has 78 valence electrons. The number of nitrogens with zero attached hydrogens (tertiary/aromatic N) is 2. The van der Waals surface area contributed by atoms with Crippen LogP contribution in [-0.4, -0.2) is 20.3 Å². The molecule has 1 atom stereocenters. The first-order valence-electron chi connectivity index (χ1n) is 4.86. The predicted molar refractivity (Wildman–Crippen MR) is 55.4 cm³/mol. The number of imidazole rings is 1. The summed E-state index contributed by atoms with van der Waals surface area (Å²) in [6.07, 6.45) is 2.56. The number of rotatable bonds is 3. The van der Waals surface area contributed by atoms with E-state index in [-0.39, 0.29) is 5.78 Å². The first-order chi connectivity index (χ1) is 7.24. The van der Waals surface area contributed by atoms with Gasteiger partial charge in [-0.25, -0.2) is 4.98 Å². The zero-order chi connectivity index (χ0) is 10.8. The van der Waals surface area contributed by atoms with Crippen LogP contribution in [0, 0.1) is 0 Å². The third-order valence-electron chi connectivity index (χ3n) is 2.38. The van der Waals surface area contributed by atoms with Crippen molar-refractivity contribution in [3.63, 3.8) is 0 Å². The molecule has 0 aromatic carbocycles. The van der Waals surface area contributed by atoms with Gasteiger partial charge in [0.1, 0.15) is 5.65 Å². The van der Waals surface area contributed by atoms with E-state index in [4.69, 9.17) is 0 Å². The van der Waals surface area contributed by atoms with Gasteiger partial charge in [0.2, 0.25) is 0 Å². The van der Waals surface area contributed by atoms with Gasteiger partial charge in [0, 0.05) is 12.6 Å². The van der Waals surface area contributed by atoms with Gasteiger partial charge < -0.3 is 9.51 Å². The highest BCUT2D eigenvalue weighted by Gasteiger charge is 2.18. The van der Waals surface area contributed by atoms with Crippen LogP contribution in [0.5, 0.6) is 0 Å². The van der Waals surface area contributed by atoms with Crippen LogP contribution in [0.15, 0.2) is 30.6 Å². The normalized spacial score (nSPS) is 12.9. The van der Waals surface area contributed by atoms with Crippen LogP contribution in [0.1, 0.15) is 25.1 Å². The van der Waals surface area contributed by atoms with Crippen molar-refractivity contribution in [2.75, 3.05) is 0 Å². The number of aliphatic hydroxyl groups is 1. The molecule has 1 unspecified atom stereocenters.